The lowest BCUT2D eigenvalue weighted by atomic mass is 11.3. The zero-order valence-electron chi connectivity index (χ0n) is 3.00. The number of nitrogens with zero attached hydrogens (tertiary/aromatic N) is 3. The Morgan fingerprint density at radius 3 is 2.83 bits per heavy atom. The van der Waals surface area contributed by atoms with E-state index in [0.29, 0.717) is 0 Å². The largest absolute Gasteiger partial charge is 0.261 e. The van der Waals surface area contributed by atoms with Gasteiger partial charge in [0.05, 0.1) is 6.67 Å². The normalized spacial score (nSPS) is 6.83. The number of rotatable bonds is 2. The van der Waals surface area contributed by atoms with Gasteiger partial charge in [-0.25, -0.2) is 0 Å². The fourth-order valence-electron chi connectivity index (χ4n) is 0.0632. The molecule has 0 rings (SSSR count). The van der Waals surface area contributed by atoms with Gasteiger partial charge in [-0.3, -0.25) is 4.72 Å². The van der Waals surface area contributed by atoms with Crippen LogP contribution in [0.25, 0.3) is 10.4 Å². The van der Waals surface area contributed by atoms with Crippen molar-refractivity contribution >= 4 is 12.8 Å². The summed E-state index contributed by atoms with van der Waals surface area (Å²) in [5.41, 5.74) is 7.58. The molecule has 5 heteroatoms. The van der Waals surface area contributed by atoms with Crippen molar-refractivity contribution in [3.8, 4) is 0 Å². The topological polar surface area (TPSA) is 60.8 Å². The molecule has 0 aliphatic rings. The maximum absolute atomic E-state index is 7.58. The second kappa shape index (κ2) is 4.62. The van der Waals surface area contributed by atoms with Gasteiger partial charge in [-0.15, -0.1) is 0 Å². The van der Waals surface area contributed by atoms with Crippen LogP contribution >= 0.6 is 12.8 Å². The lowest BCUT2D eigenvalue weighted by Crippen LogP contribution is -1.93. The fraction of sp³-hybridized carbons (Fsp3) is 1.00. The molecular weight excluding hydrogens is 100 g/mol. The number of thiol groups is 1. The maximum Gasteiger partial charge on any atom is 0.0845 e. The van der Waals surface area contributed by atoms with Gasteiger partial charge in [-0.05, 0) is 5.53 Å². The Bertz CT molecular complexity index is 63.9. The first-order valence-electron chi connectivity index (χ1n) is 1.29. The molecule has 0 aromatic heterocycles. The van der Waals surface area contributed by atoms with Crippen LogP contribution in [0.4, 0.5) is 0 Å². The van der Waals surface area contributed by atoms with Crippen molar-refractivity contribution in [2.75, 3.05) is 6.67 Å². The summed E-state index contributed by atoms with van der Waals surface area (Å²) < 4.78 is 2.34. The van der Waals surface area contributed by atoms with E-state index in [1.807, 2.05) is 0 Å². The average Bonchev–Trinajstić information content (AvgIpc) is 1.61. The summed E-state index contributed by atoms with van der Waals surface area (Å²) in [6, 6.07) is 0. The van der Waals surface area contributed by atoms with Gasteiger partial charge in [-0.2, -0.15) is 0 Å². The van der Waals surface area contributed by atoms with Crippen LogP contribution in [0.1, 0.15) is 0 Å². The van der Waals surface area contributed by atoms with Crippen LogP contribution in [0.2, 0.25) is 0 Å². The lowest BCUT2D eigenvalue weighted by Gasteiger charge is -1.76. The Morgan fingerprint density at radius 2 is 2.67 bits per heavy atom. The minimum Gasteiger partial charge on any atom is -0.261 e. The first-order chi connectivity index (χ1) is 2.91. The first-order valence-corrected chi connectivity index (χ1v) is 1.74. The molecule has 0 unspecified atom stereocenters. The van der Waals surface area contributed by atoms with Gasteiger partial charge in [0.15, 0.2) is 0 Å². The summed E-state index contributed by atoms with van der Waals surface area (Å²) >= 11 is 3.54. The zero-order valence-corrected chi connectivity index (χ0v) is 3.89. The van der Waals surface area contributed by atoms with Gasteiger partial charge < -0.3 is 0 Å². The van der Waals surface area contributed by atoms with Crippen molar-refractivity contribution in [2.24, 2.45) is 5.11 Å². The third-order valence-corrected chi connectivity index (χ3v) is 0.346. The predicted octanol–water partition coefficient (Wildman–Crippen LogP) is 0.689. The number of azide groups is 1. The monoisotopic (exact) mass is 104 g/mol. The van der Waals surface area contributed by atoms with Crippen LogP contribution in [0.5, 0.6) is 0 Å². The fourth-order valence-corrected chi connectivity index (χ4v) is 0.126. The molecule has 0 aliphatic carbocycles. The molecule has 4 nitrogen and oxygen atoms in total. The highest BCUT2D eigenvalue weighted by molar-refractivity contribution is 7.78. The van der Waals surface area contributed by atoms with E-state index in [-0.39, 0.29) is 6.67 Å². The number of nitrogens with one attached hydrogen (secondary N) is 1. The van der Waals surface area contributed by atoms with E-state index >= 15 is 0 Å². The minimum atomic E-state index is 0.236. The van der Waals surface area contributed by atoms with Crippen molar-refractivity contribution < 1.29 is 0 Å². The van der Waals surface area contributed by atoms with Crippen LogP contribution in [0.15, 0.2) is 5.11 Å². The molecule has 0 aromatic rings. The highest BCUT2D eigenvalue weighted by atomic mass is 32.1. The van der Waals surface area contributed by atoms with Crippen LogP contribution in [-0.2, 0) is 0 Å². The summed E-state index contributed by atoms with van der Waals surface area (Å²) in [4.78, 5) is 2.44. The Morgan fingerprint density at radius 1 is 2.00 bits per heavy atom. The van der Waals surface area contributed by atoms with Crippen molar-refractivity contribution in [1.29, 1.82) is 0 Å². The second-order valence-electron chi connectivity index (χ2n) is 0.547. The quantitative estimate of drug-likeness (QED) is 0.230. The molecule has 0 spiro atoms. The van der Waals surface area contributed by atoms with Gasteiger partial charge in [0.25, 0.3) is 0 Å². The van der Waals surface area contributed by atoms with Crippen molar-refractivity contribution in [3.05, 3.63) is 10.4 Å². The average molecular weight is 104 g/mol. The van der Waals surface area contributed by atoms with E-state index in [4.69, 9.17) is 5.53 Å². The Hall–Kier alpha value is -0.380. The van der Waals surface area contributed by atoms with Gasteiger partial charge in [0.1, 0.15) is 0 Å². The van der Waals surface area contributed by atoms with Crippen molar-refractivity contribution in [3.63, 3.8) is 0 Å². The Labute approximate surface area is 40.7 Å². The summed E-state index contributed by atoms with van der Waals surface area (Å²) in [6.07, 6.45) is 0. The molecule has 34 valence electrons. The minimum absolute atomic E-state index is 0.236. The molecule has 0 fully saturated rings. The summed E-state index contributed by atoms with van der Waals surface area (Å²) in [7, 11) is 0. The molecule has 6 heavy (non-hydrogen) atoms. The van der Waals surface area contributed by atoms with Gasteiger partial charge in [-0.1, -0.05) is 17.9 Å². The SMILES string of the molecule is [N-]=[N+]=NCNS. The van der Waals surface area contributed by atoms with E-state index in [1.165, 1.54) is 0 Å². The third-order valence-electron chi connectivity index (χ3n) is 0.205. The Kier molecular flexibility index (Phi) is 4.33. The summed E-state index contributed by atoms with van der Waals surface area (Å²) in [6.45, 7) is 0.236. The summed E-state index contributed by atoms with van der Waals surface area (Å²) in [5.74, 6) is 0. The predicted molar refractivity (Wildman–Crippen MR) is 26.1 cm³/mol. The third kappa shape index (κ3) is 3.62. The molecule has 0 aromatic carbocycles. The molecule has 0 amide bonds. The molecule has 0 aliphatic heterocycles. The molecule has 0 radical (unpaired) electrons. The Balaban J connectivity index is 2.86. The van der Waals surface area contributed by atoms with Gasteiger partial charge >= 0.3 is 0 Å². The molecule has 0 bridgehead atoms. The number of hydrogen-bond donors (Lipinski definition) is 2. The highest BCUT2D eigenvalue weighted by Crippen LogP contribution is 1.63. The van der Waals surface area contributed by atoms with Crippen LogP contribution in [-0.4, -0.2) is 6.67 Å². The summed E-state index contributed by atoms with van der Waals surface area (Å²) in [5, 5.41) is 3.08. The van der Waals surface area contributed by atoms with Crippen molar-refractivity contribution in [2.45, 2.75) is 0 Å². The highest BCUT2D eigenvalue weighted by Gasteiger charge is 1.62. The van der Waals surface area contributed by atoms with Gasteiger partial charge in [0, 0.05) is 4.91 Å². The van der Waals surface area contributed by atoms with Gasteiger partial charge in [0.2, 0.25) is 0 Å². The lowest BCUT2D eigenvalue weighted by molar-refractivity contribution is 0.978. The maximum atomic E-state index is 7.58. The second-order valence-corrected chi connectivity index (χ2v) is 0.863. The first kappa shape index (κ1) is 5.62. The van der Waals surface area contributed by atoms with Crippen LogP contribution < -0.4 is 4.72 Å². The van der Waals surface area contributed by atoms with E-state index in [9.17, 15) is 0 Å². The molecule has 0 atom stereocenters. The van der Waals surface area contributed by atoms with Crippen molar-refractivity contribution in [1.82, 2.24) is 4.72 Å². The molecule has 0 saturated heterocycles. The molecule has 1 N–H and O–H groups in total. The standard InChI is InChI=1S/CH4N4S/c2-5-3-1-4-6/h4,6H,1H2. The number of hydrogen-bond acceptors (Lipinski definition) is 3. The molecule has 0 saturated carbocycles. The van der Waals surface area contributed by atoms with Crippen LogP contribution in [0, 0.1) is 0 Å². The molecular formula is CH4N4S. The van der Waals surface area contributed by atoms with Crippen LogP contribution in [0.3, 0.4) is 0 Å². The van der Waals surface area contributed by atoms with E-state index in [0.717, 1.165) is 0 Å². The zero-order chi connectivity index (χ0) is 4.83. The molecule has 0 heterocycles. The van der Waals surface area contributed by atoms with E-state index < -0.39 is 0 Å². The smallest absolute Gasteiger partial charge is 0.0845 e. The van der Waals surface area contributed by atoms with E-state index in [2.05, 4.69) is 27.6 Å². The van der Waals surface area contributed by atoms with E-state index in [1.54, 1.807) is 0 Å².